The summed E-state index contributed by atoms with van der Waals surface area (Å²) in [6.45, 7) is 8.38. The number of aliphatic hydroxyl groups is 1. The molecule has 1 atom stereocenters. The Morgan fingerprint density at radius 3 is 2.47 bits per heavy atom. The summed E-state index contributed by atoms with van der Waals surface area (Å²) >= 11 is 0. The van der Waals surface area contributed by atoms with Gasteiger partial charge in [0.25, 0.3) is 0 Å². The molecule has 6 nitrogen and oxygen atoms in total. The van der Waals surface area contributed by atoms with E-state index in [0.29, 0.717) is 48.5 Å². The van der Waals surface area contributed by atoms with Crippen molar-refractivity contribution in [2.75, 3.05) is 18.4 Å². The number of hydrogen-bond donors (Lipinski definition) is 2. The van der Waals surface area contributed by atoms with Gasteiger partial charge in [0, 0.05) is 36.9 Å². The lowest BCUT2D eigenvalue weighted by Gasteiger charge is -2.62. The van der Waals surface area contributed by atoms with Crippen molar-refractivity contribution >= 4 is 22.6 Å². The van der Waals surface area contributed by atoms with Gasteiger partial charge in [-0.1, -0.05) is 18.2 Å². The number of anilines is 1. The highest BCUT2D eigenvalue weighted by Gasteiger charge is 2.60. The predicted octanol–water partition coefficient (Wildman–Crippen LogP) is 5.27. The fourth-order valence-corrected chi connectivity index (χ4v) is 5.77. The van der Waals surface area contributed by atoms with Crippen molar-refractivity contribution in [3.05, 3.63) is 64.5 Å². The maximum atomic E-state index is 13.2. The van der Waals surface area contributed by atoms with Crippen LogP contribution in [-0.4, -0.2) is 39.0 Å². The smallest absolute Gasteiger partial charge is 0.385 e. The van der Waals surface area contributed by atoms with Crippen molar-refractivity contribution in [3.63, 3.8) is 0 Å². The molecule has 2 fully saturated rings. The van der Waals surface area contributed by atoms with Crippen LogP contribution in [0, 0.1) is 19.3 Å². The summed E-state index contributed by atoms with van der Waals surface area (Å²) in [6.07, 6.45) is -3.27. The number of benzene rings is 2. The number of hydrogen-bond acceptors (Lipinski definition) is 5. The van der Waals surface area contributed by atoms with E-state index in [1.807, 2.05) is 19.1 Å². The number of nitrogens with zero attached hydrogens (tertiary/aromatic N) is 3. The van der Waals surface area contributed by atoms with Gasteiger partial charge in [-0.15, -0.1) is 0 Å². The molecule has 1 aliphatic carbocycles. The minimum Gasteiger partial charge on any atom is -0.385 e. The molecule has 1 saturated heterocycles. The minimum absolute atomic E-state index is 0.0356. The first kappa shape index (κ1) is 24.5. The van der Waals surface area contributed by atoms with Crippen LogP contribution in [0.4, 0.5) is 19.0 Å². The lowest BCUT2D eigenvalue weighted by Crippen LogP contribution is -2.67. The van der Waals surface area contributed by atoms with Gasteiger partial charge in [-0.05, 0) is 68.5 Å². The molecule has 1 amide bonds. The minimum atomic E-state index is -4.42. The van der Waals surface area contributed by atoms with Gasteiger partial charge in [-0.2, -0.15) is 13.2 Å². The lowest BCUT2D eigenvalue weighted by molar-refractivity contribution is -0.199. The molecule has 1 spiro atoms. The Morgan fingerprint density at radius 2 is 1.83 bits per heavy atom. The van der Waals surface area contributed by atoms with E-state index in [4.69, 9.17) is 0 Å². The number of aromatic nitrogens is 2. The molecule has 2 aromatic carbocycles. The average Bonchev–Trinajstić information content (AvgIpc) is 2.75. The average molecular weight is 499 g/mol. The number of likely N-dealkylation sites (tertiary alicyclic amines) is 1. The van der Waals surface area contributed by atoms with E-state index >= 15 is 0 Å². The zero-order valence-corrected chi connectivity index (χ0v) is 20.7. The Morgan fingerprint density at radius 1 is 1.14 bits per heavy atom. The molecule has 2 aliphatic rings. The maximum Gasteiger partial charge on any atom is 0.416 e. The van der Waals surface area contributed by atoms with E-state index in [1.165, 1.54) is 6.07 Å². The third-order valence-corrected chi connectivity index (χ3v) is 7.54. The van der Waals surface area contributed by atoms with Crippen LogP contribution in [0.15, 0.2) is 36.4 Å². The summed E-state index contributed by atoms with van der Waals surface area (Å²) in [6, 6.07) is 8.64. The van der Waals surface area contributed by atoms with Gasteiger partial charge in [0.2, 0.25) is 5.91 Å². The molecular weight excluding hydrogens is 469 g/mol. The number of carbonyl (C=O) groups excluding carboxylic acids is 1. The first-order valence-corrected chi connectivity index (χ1v) is 12.0. The second kappa shape index (κ2) is 8.16. The number of nitrogens with one attached hydrogen (secondary N) is 1. The van der Waals surface area contributed by atoms with Crippen LogP contribution in [-0.2, 0) is 16.6 Å². The van der Waals surface area contributed by atoms with Crippen LogP contribution in [0.2, 0.25) is 0 Å². The SMILES string of the molecule is CC(=O)N1CC2(C1)CC(O)(c1cc(C)c3nc(C)nc(N[C@H](C)c4cccc(C(F)(F)F)c4)c3c1)C2. The maximum absolute atomic E-state index is 13.2. The van der Waals surface area contributed by atoms with Crippen LogP contribution in [0.3, 0.4) is 0 Å². The van der Waals surface area contributed by atoms with Gasteiger partial charge in [-0.25, -0.2) is 9.97 Å². The Hall–Kier alpha value is -3.20. The Labute approximate surface area is 207 Å². The van der Waals surface area contributed by atoms with Gasteiger partial charge in [0.05, 0.1) is 16.7 Å². The molecule has 1 saturated carbocycles. The van der Waals surface area contributed by atoms with Gasteiger partial charge >= 0.3 is 6.18 Å². The zero-order valence-electron chi connectivity index (χ0n) is 20.7. The molecule has 1 aromatic heterocycles. The fraction of sp³-hybridized carbons (Fsp3) is 0.444. The molecule has 9 heteroatoms. The highest BCUT2D eigenvalue weighted by molar-refractivity contribution is 5.92. The lowest BCUT2D eigenvalue weighted by atomic mass is 9.53. The zero-order chi connectivity index (χ0) is 26.0. The van der Waals surface area contributed by atoms with Crippen molar-refractivity contribution in [1.29, 1.82) is 0 Å². The van der Waals surface area contributed by atoms with E-state index in [0.717, 1.165) is 28.8 Å². The van der Waals surface area contributed by atoms with E-state index in [2.05, 4.69) is 15.3 Å². The quantitative estimate of drug-likeness (QED) is 0.513. The molecule has 190 valence electrons. The molecule has 3 aromatic rings. The van der Waals surface area contributed by atoms with Gasteiger partial charge in [0.15, 0.2) is 0 Å². The molecular formula is C27H29F3N4O2. The highest BCUT2D eigenvalue weighted by Crippen LogP contribution is 2.58. The van der Waals surface area contributed by atoms with Crippen molar-refractivity contribution in [1.82, 2.24) is 14.9 Å². The van der Waals surface area contributed by atoms with Gasteiger partial charge < -0.3 is 15.3 Å². The largest absolute Gasteiger partial charge is 0.416 e. The number of amides is 1. The highest BCUT2D eigenvalue weighted by atomic mass is 19.4. The van der Waals surface area contributed by atoms with E-state index in [-0.39, 0.29) is 11.3 Å². The monoisotopic (exact) mass is 498 g/mol. The predicted molar refractivity (Wildman–Crippen MR) is 130 cm³/mol. The molecule has 0 unspecified atom stereocenters. The first-order valence-electron chi connectivity index (χ1n) is 12.0. The Bertz CT molecular complexity index is 1360. The van der Waals surface area contributed by atoms with E-state index in [1.54, 1.807) is 31.7 Å². The molecule has 1 aliphatic heterocycles. The van der Waals surface area contributed by atoms with Crippen molar-refractivity contribution in [3.8, 4) is 0 Å². The second-order valence-corrected chi connectivity index (χ2v) is 10.6. The van der Waals surface area contributed by atoms with E-state index < -0.39 is 23.4 Å². The molecule has 0 bridgehead atoms. The standard InChI is InChI=1S/C27H29F3N4O2/c1-15-8-21(26(36)11-25(12-26)13-34(14-25)18(4)35)10-22-23(15)32-17(3)33-24(22)31-16(2)19-6-5-7-20(9-19)27(28,29)30/h5-10,16,36H,11-14H2,1-4H3,(H,31,32,33)/t16-/m1/s1. The van der Waals surface area contributed by atoms with Crippen LogP contribution >= 0.6 is 0 Å². The van der Waals surface area contributed by atoms with Crippen LogP contribution in [0.1, 0.15) is 60.8 Å². The van der Waals surface area contributed by atoms with Crippen molar-refractivity contribution in [2.45, 2.75) is 58.4 Å². The normalized spacial score (nSPS) is 19.1. The number of fused-ring (bicyclic) bond motifs is 1. The summed E-state index contributed by atoms with van der Waals surface area (Å²) in [5.74, 6) is 1.10. The third-order valence-electron chi connectivity index (χ3n) is 7.54. The van der Waals surface area contributed by atoms with Crippen molar-refractivity contribution in [2.24, 2.45) is 5.41 Å². The van der Waals surface area contributed by atoms with Crippen LogP contribution in [0.25, 0.3) is 10.9 Å². The number of aryl methyl sites for hydroxylation is 2. The number of halogens is 3. The Kier molecular flexibility index (Phi) is 5.55. The number of alkyl halides is 3. The van der Waals surface area contributed by atoms with E-state index in [9.17, 15) is 23.1 Å². The van der Waals surface area contributed by atoms with Gasteiger partial charge in [0.1, 0.15) is 11.6 Å². The number of carbonyl (C=O) groups is 1. The summed E-state index contributed by atoms with van der Waals surface area (Å²) < 4.78 is 39.7. The van der Waals surface area contributed by atoms with Crippen LogP contribution < -0.4 is 5.32 Å². The topological polar surface area (TPSA) is 78.4 Å². The third kappa shape index (κ3) is 4.19. The fourth-order valence-electron chi connectivity index (χ4n) is 5.77. The first-order chi connectivity index (χ1) is 16.8. The summed E-state index contributed by atoms with van der Waals surface area (Å²) in [4.78, 5) is 22.5. The van der Waals surface area contributed by atoms with Crippen LogP contribution in [0.5, 0.6) is 0 Å². The molecule has 2 N–H and O–H groups in total. The molecule has 36 heavy (non-hydrogen) atoms. The number of rotatable bonds is 4. The second-order valence-electron chi connectivity index (χ2n) is 10.6. The molecule has 0 radical (unpaired) electrons. The molecule has 5 rings (SSSR count). The molecule has 2 heterocycles. The van der Waals surface area contributed by atoms with Crippen molar-refractivity contribution < 1.29 is 23.1 Å². The summed E-state index contributed by atoms with van der Waals surface area (Å²) in [5.41, 5.74) is 1.13. The summed E-state index contributed by atoms with van der Waals surface area (Å²) in [5, 5.41) is 15.4. The van der Waals surface area contributed by atoms with Gasteiger partial charge in [-0.3, -0.25) is 4.79 Å². The summed E-state index contributed by atoms with van der Waals surface area (Å²) in [7, 11) is 0. The Balaban J connectivity index is 1.46.